The summed E-state index contributed by atoms with van der Waals surface area (Å²) in [6.07, 6.45) is 1.94. The van der Waals surface area contributed by atoms with Crippen LogP contribution >= 0.6 is 35.0 Å². The third kappa shape index (κ3) is 4.72. The number of rotatable bonds is 5. The molecule has 7 nitrogen and oxygen atoms in total. The normalized spacial score (nSPS) is 17.4. The Bertz CT molecular complexity index is 903. The van der Waals surface area contributed by atoms with E-state index in [9.17, 15) is 5.11 Å². The smallest absolute Gasteiger partial charge is 0.153 e. The van der Waals surface area contributed by atoms with Crippen LogP contribution in [0.25, 0.3) is 0 Å². The van der Waals surface area contributed by atoms with Crippen molar-refractivity contribution < 1.29 is 5.11 Å². The average Bonchev–Trinajstić information content (AvgIpc) is 2.67. The molecule has 0 radical (unpaired) electrons. The highest BCUT2D eigenvalue weighted by atomic mass is 35.5. The van der Waals surface area contributed by atoms with E-state index in [1.165, 1.54) is 11.8 Å². The fourth-order valence-electron chi connectivity index (χ4n) is 3.34. The molecule has 1 atom stereocenters. The molecule has 0 bridgehead atoms. The monoisotopic (exact) mass is 456 g/mol. The van der Waals surface area contributed by atoms with Crippen LogP contribution in [0.2, 0.25) is 10.2 Å². The molecule has 1 aliphatic heterocycles. The lowest BCUT2D eigenvalue weighted by atomic mass is 9.75. The molecule has 0 aromatic carbocycles. The van der Waals surface area contributed by atoms with Gasteiger partial charge in [-0.15, -0.1) is 0 Å². The zero-order valence-corrected chi connectivity index (χ0v) is 19.1. The zero-order chi connectivity index (χ0) is 21.3. The van der Waals surface area contributed by atoms with Crippen molar-refractivity contribution in [3.05, 3.63) is 27.6 Å². The summed E-state index contributed by atoms with van der Waals surface area (Å²) in [7, 11) is 0. The van der Waals surface area contributed by atoms with Gasteiger partial charge in [-0.1, -0.05) is 41.9 Å². The number of nitrogen functional groups attached to an aromatic ring is 1. The lowest BCUT2D eigenvalue weighted by molar-refractivity contribution is 0.204. The third-order valence-corrected chi connectivity index (χ3v) is 7.63. The van der Waals surface area contributed by atoms with Gasteiger partial charge in [0.1, 0.15) is 16.5 Å². The van der Waals surface area contributed by atoms with Crippen LogP contribution in [0.3, 0.4) is 0 Å². The van der Waals surface area contributed by atoms with Crippen molar-refractivity contribution in [2.75, 3.05) is 23.7 Å². The van der Waals surface area contributed by atoms with E-state index in [1.54, 1.807) is 6.07 Å². The molecule has 3 heterocycles. The van der Waals surface area contributed by atoms with Crippen LogP contribution < -0.4 is 16.4 Å². The number of aromatic nitrogens is 3. The summed E-state index contributed by atoms with van der Waals surface area (Å²) in [6, 6.07) is 1.78. The molecular formula is C19H26Cl2N6OS. The van der Waals surface area contributed by atoms with Crippen LogP contribution in [-0.4, -0.2) is 39.2 Å². The van der Waals surface area contributed by atoms with Gasteiger partial charge in [-0.3, -0.25) is 0 Å². The number of hydrogen-bond acceptors (Lipinski definition) is 8. The van der Waals surface area contributed by atoms with E-state index in [2.05, 4.69) is 28.7 Å². The molecule has 0 spiro atoms. The van der Waals surface area contributed by atoms with Gasteiger partial charge in [-0.05, 0) is 38.2 Å². The second kappa shape index (κ2) is 8.81. The van der Waals surface area contributed by atoms with Gasteiger partial charge in [0.05, 0.1) is 17.3 Å². The second-order valence-corrected chi connectivity index (χ2v) is 9.49. The summed E-state index contributed by atoms with van der Waals surface area (Å²) in [6.45, 7) is 7.63. The standard InChI is InChI=1S/C19H26Cl2N6OS/c1-10-18(29-13-8-14(23)26-16(21)15(13)20)25-12(9-28)17(24-10)27-6-4-19(3,5-7-27)11(2)22/h8,11,28H,4-7,9,22H2,1-3H3,(H2,23,26)/t11-/m1/s1. The van der Waals surface area contributed by atoms with Crippen molar-refractivity contribution in [1.82, 2.24) is 15.0 Å². The number of hydrogen-bond donors (Lipinski definition) is 3. The number of anilines is 2. The first-order valence-corrected chi connectivity index (χ1v) is 11.0. The van der Waals surface area contributed by atoms with Gasteiger partial charge in [0, 0.05) is 24.0 Å². The summed E-state index contributed by atoms with van der Waals surface area (Å²) in [5.41, 5.74) is 13.3. The van der Waals surface area contributed by atoms with Crippen molar-refractivity contribution in [2.45, 2.75) is 56.2 Å². The van der Waals surface area contributed by atoms with Gasteiger partial charge >= 0.3 is 0 Å². The van der Waals surface area contributed by atoms with Gasteiger partial charge in [0.25, 0.3) is 0 Å². The van der Waals surface area contributed by atoms with Crippen molar-refractivity contribution in [3.63, 3.8) is 0 Å². The Morgan fingerprint density at radius 2 is 1.93 bits per heavy atom. The maximum atomic E-state index is 9.93. The number of nitrogens with zero attached hydrogens (tertiary/aromatic N) is 4. The predicted molar refractivity (Wildman–Crippen MR) is 119 cm³/mol. The Morgan fingerprint density at radius 3 is 2.52 bits per heavy atom. The average molecular weight is 457 g/mol. The van der Waals surface area contributed by atoms with Gasteiger partial charge in [-0.2, -0.15) is 0 Å². The molecule has 3 rings (SSSR count). The van der Waals surface area contributed by atoms with Crippen LogP contribution in [0.4, 0.5) is 11.6 Å². The van der Waals surface area contributed by atoms with E-state index < -0.39 is 0 Å². The lowest BCUT2D eigenvalue weighted by Gasteiger charge is -2.42. The molecular weight excluding hydrogens is 431 g/mol. The molecule has 1 fully saturated rings. The Kier molecular flexibility index (Phi) is 6.80. The van der Waals surface area contributed by atoms with E-state index in [1.807, 2.05) is 6.92 Å². The van der Waals surface area contributed by atoms with Crippen LogP contribution in [0.15, 0.2) is 16.0 Å². The molecule has 0 aliphatic carbocycles. The Morgan fingerprint density at radius 1 is 1.28 bits per heavy atom. The molecule has 2 aromatic heterocycles. The number of aliphatic hydroxyl groups is 1. The molecule has 10 heteroatoms. The largest absolute Gasteiger partial charge is 0.390 e. The van der Waals surface area contributed by atoms with Crippen molar-refractivity contribution in [2.24, 2.45) is 11.1 Å². The quantitative estimate of drug-likeness (QED) is 0.583. The number of aliphatic hydroxyl groups excluding tert-OH is 1. The molecule has 2 aromatic rings. The summed E-state index contributed by atoms with van der Waals surface area (Å²) in [4.78, 5) is 16.2. The lowest BCUT2D eigenvalue weighted by Crippen LogP contribution is -2.47. The van der Waals surface area contributed by atoms with Gasteiger partial charge in [0.2, 0.25) is 0 Å². The maximum absolute atomic E-state index is 9.93. The van der Waals surface area contributed by atoms with E-state index in [4.69, 9.17) is 39.7 Å². The molecule has 158 valence electrons. The molecule has 0 saturated carbocycles. The van der Waals surface area contributed by atoms with Crippen molar-refractivity contribution in [3.8, 4) is 0 Å². The Hall–Kier alpha value is -1.32. The predicted octanol–water partition coefficient (Wildman–Crippen LogP) is 3.67. The number of piperidine rings is 1. The highest BCUT2D eigenvalue weighted by Crippen LogP contribution is 2.39. The first-order valence-electron chi connectivity index (χ1n) is 9.43. The molecule has 0 unspecified atom stereocenters. The second-order valence-electron chi connectivity index (χ2n) is 7.72. The fraction of sp³-hybridized carbons (Fsp3) is 0.526. The van der Waals surface area contributed by atoms with Crippen molar-refractivity contribution >= 4 is 46.6 Å². The number of aryl methyl sites for hydroxylation is 1. The summed E-state index contributed by atoms with van der Waals surface area (Å²) >= 11 is 13.6. The van der Waals surface area contributed by atoms with E-state index in [0.29, 0.717) is 20.6 Å². The van der Waals surface area contributed by atoms with E-state index in [0.717, 1.165) is 37.4 Å². The minimum absolute atomic E-state index is 0.117. The molecule has 1 saturated heterocycles. The van der Waals surface area contributed by atoms with Gasteiger partial charge < -0.3 is 21.5 Å². The molecule has 1 aliphatic rings. The van der Waals surface area contributed by atoms with Crippen LogP contribution in [0.5, 0.6) is 0 Å². The summed E-state index contributed by atoms with van der Waals surface area (Å²) < 4.78 is 0. The molecule has 0 amide bonds. The van der Waals surface area contributed by atoms with E-state index in [-0.39, 0.29) is 29.0 Å². The minimum Gasteiger partial charge on any atom is -0.390 e. The van der Waals surface area contributed by atoms with Gasteiger partial charge in [0.15, 0.2) is 11.0 Å². The van der Waals surface area contributed by atoms with Crippen molar-refractivity contribution in [1.29, 1.82) is 0 Å². The van der Waals surface area contributed by atoms with Crippen LogP contribution in [-0.2, 0) is 6.61 Å². The number of halogens is 2. The number of pyridine rings is 1. The molecule has 29 heavy (non-hydrogen) atoms. The summed E-state index contributed by atoms with van der Waals surface area (Å²) in [5.74, 6) is 0.997. The SMILES string of the molecule is Cc1nc(N2CCC(C)([C@@H](C)N)CC2)c(CO)nc1Sc1cc(N)nc(Cl)c1Cl. The van der Waals surface area contributed by atoms with E-state index >= 15 is 0 Å². The Balaban J connectivity index is 1.87. The topological polar surface area (TPSA) is 114 Å². The third-order valence-electron chi connectivity index (χ3n) is 5.64. The highest BCUT2D eigenvalue weighted by molar-refractivity contribution is 7.99. The van der Waals surface area contributed by atoms with Crippen LogP contribution in [0, 0.1) is 12.3 Å². The summed E-state index contributed by atoms with van der Waals surface area (Å²) in [5, 5.41) is 11.0. The highest BCUT2D eigenvalue weighted by Gasteiger charge is 2.34. The number of nitrogens with two attached hydrogens (primary N) is 2. The van der Waals surface area contributed by atoms with Crippen LogP contribution in [0.1, 0.15) is 38.1 Å². The first kappa shape index (κ1) is 22.4. The fourth-order valence-corrected chi connectivity index (χ4v) is 4.73. The first-order chi connectivity index (χ1) is 13.6. The zero-order valence-electron chi connectivity index (χ0n) is 16.7. The van der Waals surface area contributed by atoms with Gasteiger partial charge in [-0.25, -0.2) is 15.0 Å². The minimum atomic E-state index is -0.204. The maximum Gasteiger partial charge on any atom is 0.153 e. The Labute approximate surface area is 185 Å². The molecule has 5 N–H and O–H groups in total.